The van der Waals surface area contributed by atoms with Crippen molar-refractivity contribution in [2.45, 2.75) is 27.2 Å². The van der Waals surface area contributed by atoms with E-state index in [1.54, 1.807) is 0 Å². The van der Waals surface area contributed by atoms with Crippen molar-refractivity contribution in [1.29, 1.82) is 0 Å². The molecule has 0 heterocycles. The molecule has 0 unspecified atom stereocenters. The maximum Gasteiger partial charge on any atom is 0.331 e. The van der Waals surface area contributed by atoms with Crippen LogP contribution in [-0.2, 0) is 9.59 Å². The number of imide groups is 1. The molecule has 7 nitrogen and oxygen atoms in total. The van der Waals surface area contributed by atoms with Crippen molar-refractivity contribution in [2.24, 2.45) is 0 Å². The van der Waals surface area contributed by atoms with E-state index in [2.05, 4.69) is 5.32 Å². The Morgan fingerprint density at radius 2 is 1.62 bits per heavy atom. The molecule has 0 spiro atoms. The number of rotatable bonds is 7. The minimum atomic E-state index is -1.17. The van der Waals surface area contributed by atoms with Crippen LogP contribution in [0.4, 0.5) is 4.79 Å². The molecule has 0 rings (SSSR count). The number of carbonyl (C=O) groups is 3. The molecule has 0 saturated heterocycles. The molecule has 2 N–H and O–H groups in total. The molecule has 0 aliphatic carbocycles. The van der Waals surface area contributed by atoms with Crippen LogP contribution in [0.25, 0.3) is 0 Å². The van der Waals surface area contributed by atoms with Gasteiger partial charge in [0.05, 0.1) is 0 Å². The summed E-state index contributed by atoms with van der Waals surface area (Å²) in [5, 5.41) is 11.0. The van der Waals surface area contributed by atoms with E-state index in [0.717, 1.165) is 13.0 Å². The Labute approximate surface area is 125 Å². The molecule has 0 fully saturated rings. The second kappa shape index (κ2) is 9.12. The average Bonchev–Trinajstić information content (AvgIpc) is 2.41. The van der Waals surface area contributed by atoms with Gasteiger partial charge in [-0.05, 0) is 47.8 Å². The predicted octanol–water partition coefficient (Wildman–Crippen LogP) is 0.917. The van der Waals surface area contributed by atoms with Crippen molar-refractivity contribution < 1.29 is 19.5 Å². The monoisotopic (exact) mass is 299 g/mol. The maximum absolute atomic E-state index is 12.0. The molecule has 0 atom stereocenters. The lowest BCUT2D eigenvalue weighted by Crippen LogP contribution is -2.44. The van der Waals surface area contributed by atoms with E-state index in [-0.39, 0.29) is 11.1 Å². The number of aliphatic carboxylic acids is 1. The van der Waals surface area contributed by atoms with Gasteiger partial charge in [0, 0.05) is 24.2 Å². The summed E-state index contributed by atoms with van der Waals surface area (Å²) >= 11 is 0. The van der Waals surface area contributed by atoms with Gasteiger partial charge in [-0.2, -0.15) is 0 Å². The van der Waals surface area contributed by atoms with Crippen LogP contribution < -0.4 is 5.32 Å². The standard InChI is InChI=1S/C14H25N3O4/c1-6-17(9-7-8-16(4)5)14(21)15-12(18)10(2)11(3)13(19)20/h6-9H2,1-5H3,(H,19,20)(H,15,18,21). The van der Waals surface area contributed by atoms with Crippen molar-refractivity contribution in [3.8, 4) is 0 Å². The van der Waals surface area contributed by atoms with E-state index in [4.69, 9.17) is 5.11 Å². The van der Waals surface area contributed by atoms with E-state index < -0.39 is 17.9 Å². The van der Waals surface area contributed by atoms with Crippen molar-refractivity contribution in [3.63, 3.8) is 0 Å². The number of carboxylic acid groups (broad SMARTS) is 1. The fraction of sp³-hybridized carbons (Fsp3) is 0.643. The number of carbonyl (C=O) groups excluding carboxylic acids is 2. The Balaban J connectivity index is 4.60. The van der Waals surface area contributed by atoms with Crippen LogP contribution >= 0.6 is 0 Å². The number of hydrogen-bond acceptors (Lipinski definition) is 4. The minimum Gasteiger partial charge on any atom is -0.478 e. The van der Waals surface area contributed by atoms with E-state index in [9.17, 15) is 14.4 Å². The first kappa shape index (κ1) is 19.1. The van der Waals surface area contributed by atoms with Crippen LogP contribution in [0.5, 0.6) is 0 Å². The Morgan fingerprint density at radius 1 is 1.05 bits per heavy atom. The zero-order valence-corrected chi connectivity index (χ0v) is 13.4. The van der Waals surface area contributed by atoms with Crippen LogP contribution in [0.2, 0.25) is 0 Å². The van der Waals surface area contributed by atoms with E-state index in [1.807, 2.05) is 25.9 Å². The van der Waals surface area contributed by atoms with Gasteiger partial charge in [0.2, 0.25) is 0 Å². The molecular weight excluding hydrogens is 274 g/mol. The van der Waals surface area contributed by atoms with Crippen molar-refractivity contribution in [2.75, 3.05) is 33.7 Å². The summed E-state index contributed by atoms with van der Waals surface area (Å²) in [7, 11) is 3.89. The molecule has 3 amide bonds. The SMILES string of the molecule is CCN(CCCN(C)C)C(=O)NC(=O)C(C)=C(C)C(=O)O. The molecule has 0 aliphatic heterocycles. The van der Waals surface area contributed by atoms with Gasteiger partial charge in [-0.25, -0.2) is 9.59 Å². The third-order valence-electron chi connectivity index (χ3n) is 3.15. The first-order chi connectivity index (χ1) is 9.70. The zero-order chi connectivity index (χ0) is 16.6. The van der Waals surface area contributed by atoms with Crippen LogP contribution in [-0.4, -0.2) is 66.5 Å². The highest BCUT2D eigenvalue weighted by molar-refractivity contribution is 6.07. The molecule has 7 heteroatoms. The topological polar surface area (TPSA) is 90.0 Å². The second-order valence-electron chi connectivity index (χ2n) is 5.05. The zero-order valence-electron chi connectivity index (χ0n) is 13.4. The highest BCUT2D eigenvalue weighted by Gasteiger charge is 2.18. The normalized spacial score (nSPS) is 11.9. The van der Waals surface area contributed by atoms with Gasteiger partial charge < -0.3 is 14.9 Å². The summed E-state index contributed by atoms with van der Waals surface area (Å²) < 4.78 is 0. The quantitative estimate of drug-likeness (QED) is 0.682. The highest BCUT2D eigenvalue weighted by Crippen LogP contribution is 2.04. The Morgan fingerprint density at radius 3 is 2.05 bits per heavy atom. The number of amides is 3. The fourth-order valence-corrected chi connectivity index (χ4v) is 1.58. The third-order valence-corrected chi connectivity index (χ3v) is 3.15. The Kier molecular flexibility index (Phi) is 8.30. The molecular formula is C14H25N3O4. The molecule has 0 aromatic heterocycles. The van der Waals surface area contributed by atoms with Gasteiger partial charge in [0.1, 0.15) is 0 Å². The number of nitrogens with one attached hydrogen (secondary N) is 1. The van der Waals surface area contributed by atoms with Crippen LogP contribution in [0, 0.1) is 0 Å². The number of carboxylic acids is 1. The van der Waals surface area contributed by atoms with Crippen LogP contribution in [0.15, 0.2) is 11.1 Å². The van der Waals surface area contributed by atoms with Crippen molar-refractivity contribution in [1.82, 2.24) is 15.1 Å². The van der Waals surface area contributed by atoms with E-state index in [1.165, 1.54) is 18.7 Å². The smallest absolute Gasteiger partial charge is 0.331 e. The van der Waals surface area contributed by atoms with Gasteiger partial charge in [-0.15, -0.1) is 0 Å². The van der Waals surface area contributed by atoms with E-state index >= 15 is 0 Å². The first-order valence-electron chi connectivity index (χ1n) is 6.86. The summed E-state index contributed by atoms with van der Waals surface area (Å²) in [5.74, 6) is -1.85. The van der Waals surface area contributed by atoms with Gasteiger partial charge in [0.25, 0.3) is 5.91 Å². The number of hydrogen-bond donors (Lipinski definition) is 2. The fourth-order valence-electron chi connectivity index (χ4n) is 1.58. The molecule has 0 radical (unpaired) electrons. The largest absolute Gasteiger partial charge is 0.478 e. The lowest BCUT2D eigenvalue weighted by Gasteiger charge is -2.22. The van der Waals surface area contributed by atoms with Gasteiger partial charge >= 0.3 is 12.0 Å². The van der Waals surface area contributed by atoms with Crippen LogP contribution in [0.3, 0.4) is 0 Å². The molecule has 0 bridgehead atoms. The Bertz CT molecular complexity index is 430. The summed E-state index contributed by atoms with van der Waals surface area (Å²) in [6.45, 7) is 6.40. The minimum absolute atomic E-state index is 0.0280. The van der Waals surface area contributed by atoms with Crippen molar-refractivity contribution >= 4 is 17.9 Å². The van der Waals surface area contributed by atoms with Gasteiger partial charge in [-0.3, -0.25) is 10.1 Å². The molecule has 0 aromatic carbocycles. The Hall–Kier alpha value is -1.89. The maximum atomic E-state index is 12.0. The summed E-state index contributed by atoms with van der Waals surface area (Å²) in [5.41, 5.74) is -0.0452. The number of urea groups is 1. The summed E-state index contributed by atoms with van der Waals surface area (Å²) in [4.78, 5) is 38.1. The van der Waals surface area contributed by atoms with Gasteiger partial charge in [-0.1, -0.05) is 0 Å². The first-order valence-corrected chi connectivity index (χ1v) is 6.86. The highest BCUT2D eigenvalue weighted by atomic mass is 16.4. The number of nitrogens with zero attached hydrogens (tertiary/aromatic N) is 2. The van der Waals surface area contributed by atoms with E-state index in [0.29, 0.717) is 13.1 Å². The summed E-state index contributed by atoms with van der Waals surface area (Å²) in [6, 6.07) is -0.501. The molecule has 0 aliphatic rings. The predicted molar refractivity (Wildman–Crippen MR) is 80.0 cm³/mol. The lowest BCUT2D eigenvalue weighted by atomic mass is 10.1. The molecule has 0 saturated carbocycles. The van der Waals surface area contributed by atoms with Gasteiger partial charge in [0.15, 0.2) is 0 Å². The third kappa shape index (κ3) is 6.89. The van der Waals surface area contributed by atoms with Crippen LogP contribution in [0.1, 0.15) is 27.2 Å². The lowest BCUT2D eigenvalue weighted by molar-refractivity contribution is -0.133. The summed E-state index contributed by atoms with van der Waals surface area (Å²) in [6.07, 6.45) is 0.797. The molecule has 21 heavy (non-hydrogen) atoms. The second-order valence-corrected chi connectivity index (χ2v) is 5.05. The van der Waals surface area contributed by atoms with Crippen molar-refractivity contribution in [3.05, 3.63) is 11.1 Å². The molecule has 120 valence electrons. The average molecular weight is 299 g/mol. The molecule has 0 aromatic rings.